The minimum atomic E-state index is -0.903. The lowest BCUT2D eigenvalue weighted by Gasteiger charge is -2.23. The number of ether oxygens (including phenoxy) is 2. The van der Waals surface area contributed by atoms with E-state index >= 15 is 0 Å². The first-order valence-electron chi connectivity index (χ1n) is 6.71. The van der Waals surface area contributed by atoms with Crippen molar-refractivity contribution >= 4 is 21.0 Å². The fourth-order valence-corrected chi connectivity index (χ4v) is 4.20. The van der Waals surface area contributed by atoms with Crippen LogP contribution in [0, 0.1) is 5.92 Å². The molecule has 0 amide bonds. The molecule has 4 heteroatoms. The molecule has 0 aromatic heterocycles. The molecule has 2 nitrogen and oxygen atoms in total. The van der Waals surface area contributed by atoms with Gasteiger partial charge in [0.05, 0.1) is 12.2 Å². The summed E-state index contributed by atoms with van der Waals surface area (Å²) in [6.07, 6.45) is 8.74. The molecule has 2 fully saturated rings. The van der Waals surface area contributed by atoms with Crippen LogP contribution in [0.15, 0.2) is 0 Å². The van der Waals surface area contributed by atoms with Crippen molar-refractivity contribution in [2.75, 3.05) is 19.5 Å². The molecule has 0 radical (unpaired) electrons. The van der Waals surface area contributed by atoms with Gasteiger partial charge in [-0.25, -0.2) is 0 Å². The summed E-state index contributed by atoms with van der Waals surface area (Å²) in [6.45, 7) is 7.80. The van der Waals surface area contributed by atoms with Crippen LogP contribution in [-0.2, 0) is 9.47 Å². The van der Waals surface area contributed by atoms with E-state index in [2.05, 4.69) is 27.5 Å². The summed E-state index contributed by atoms with van der Waals surface area (Å²) in [4.78, 5) is 0. The Balaban J connectivity index is 1.99. The van der Waals surface area contributed by atoms with Gasteiger partial charge < -0.3 is 9.47 Å². The highest BCUT2D eigenvalue weighted by Crippen LogP contribution is 2.49. The molecule has 0 aromatic carbocycles. The Labute approximate surface area is 107 Å². The molecule has 4 atom stereocenters. The first-order chi connectivity index (χ1) is 7.68. The van der Waals surface area contributed by atoms with Crippen LogP contribution in [0.1, 0.15) is 26.7 Å². The zero-order chi connectivity index (χ0) is 12.8. The van der Waals surface area contributed by atoms with Crippen molar-refractivity contribution in [3.05, 3.63) is 0 Å². The molecule has 1 heterocycles. The average Bonchev–Trinajstić information content (AvgIpc) is 2.58. The molecule has 2 rings (SSSR count). The second-order valence-electron chi connectivity index (χ2n) is 6.99. The molecule has 0 aromatic rings. The third-order valence-electron chi connectivity index (χ3n) is 3.97. The molecule has 17 heavy (non-hydrogen) atoms. The number of fused-ring (bicyclic) bond motifs is 1. The average molecular weight is 256 g/mol. The zero-order valence-electron chi connectivity index (χ0n) is 11.9. The van der Waals surface area contributed by atoms with Gasteiger partial charge in [0.25, 0.3) is 0 Å². The summed E-state index contributed by atoms with van der Waals surface area (Å²) in [5.41, 5.74) is 0. The largest absolute Gasteiger partial charge is 0.345 e. The van der Waals surface area contributed by atoms with Crippen molar-refractivity contribution in [3.63, 3.8) is 0 Å². The van der Waals surface area contributed by atoms with Gasteiger partial charge in [0, 0.05) is 0 Å². The summed E-state index contributed by atoms with van der Waals surface area (Å²) in [5.74, 6) is 0.938. The molecule has 1 saturated heterocycles. The van der Waals surface area contributed by atoms with Gasteiger partial charge in [0.2, 0.25) is 0 Å². The number of hydrogen-bond acceptors (Lipinski definition) is 2. The highest BCUT2D eigenvalue weighted by atomic mass is 31.2. The molecular formula is C13H26BO2P. The Hall–Kier alpha value is 0.285. The van der Waals surface area contributed by atoms with Crippen molar-refractivity contribution in [3.8, 4) is 0 Å². The molecular weight excluding hydrogens is 230 g/mol. The fourth-order valence-electron chi connectivity index (χ4n) is 3.16. The Bertz CT molecular complexity index is 336. The first kappa shape index (κ1) is 13.7. The Kier molecular flexibility index (Phi) is 3.58. The summed E-state index contributed by atoms with van der Waals surface area (Å²) in [5, 5.41) is 0. The van der Waals surface area contributed by atoms with Crippen LogP contribution < -0.4 is 0 Å². The van der Waals surface area contributed by atoms with Crippen LogP contribution in [0.25, 0.3) is 0 Å². The molecule has 0 spiro atoms. The van der Waals surface area contributed by atoms with Crippen LogP contribution >= 0.6 is 6.89 Å². The van der Waals surface area contributed by atoms with E-state index in [1.54, 1.807) is 0 Å². The second kappa shape index (κ2) is 4.44. The van der Waals surface area contributed by atoms with E-state index in [9.17, 15) is 0 Å². The SMILES string of the molecule is BC1CC(CCP(=C)(C)C)C2OC(C)(C)OC12. The molecule has 4 unspecified atom stereocenters. The lowest BCUT2D eigenvalue weighted by molar-refractivity contribution is -0.156. The van der Waals surface area contributed by atoms with E-state index in [1.165, 1.54) is 19.0 Å². The third kappa shape index (κ3) is 3.19. The Morgan fingerprint density at radius 3 is 2.47 bits per heavy atom. The van der Waals surface area contributed by atoms with E-state index in [0.29, 0.717) is 23.9 Å². The molecule has 1 saturated carbocycles. The van der Waals surface area contributed by atoms with Gasteiger partial charge in [-0.05, 0) is 57.9 Å². The minimum Gasteiger partial charge on any atom is -0.345 e. The van der Waals surface area contributed by atoms with Gasteiger partial charge in [0.1, 0.15) is 7.85 Å². The molecule has 1 aliphatic carbocycles. The molecule has 1 aliphatic heterocycles. The molecule has 2 aliphatic rings. The van der Waals surface area contributed by atoms with Crippen LogP contribution in [0.4, 0.5) is 0 Å². The third-order valence-corrected chi connectivity index (χ3v) is 5.44. The van der Waals surface area contributed by atoms with Crippen LogP contribution in [-0.4, -0.2) is 51.6 Å². The number of hydrogen-bond donors (Lipinski definition) is 0. The van der Waals surface area contributed by atoms with Gasteiger partial charge in [-0.2, -0.15) is 0 Å². The van der Waals surface area contributed by atoms with Crippen LogP contribution in [0.5, 0.6) is 0 Å². The molecule has 0 N–H and O–H groups in total. The van der Waals surface area contributed by atoms with Crippen molar-refractivity contribution < 1.29 is 9.47 Å². The highest BCUT2D eigenvalue weighted by molar-refractivity contribution is 7.72. The maximum atomic E-state index is 6.09. The summed E-state index contributed by atoms with van der Waals surface area (Å²) >= 11 is 0. The van der Waals surface area contributed by atoms with Gasteiger partial charge in [0.15, 0.2) is 5.79 Å². The minimum absolute atomic E-state index is 0.321. The van der Waals surface area contributed by atoms with E-state index in [0.717, 1.165) is 0 Å². The van der Waals surface area contributed by atoms with Crippen molar-refractivity contribution in [2.24, 2.45) is 5.92 Å². The van der Waals surface area contributed by atoms with Crippen LogP contribution in [0.2, 0.25) is 5.82 Å². The predicted octanol–water partition coefficient (Wildman–Crippen LogP) is 2.05. The van der Waals surface area contributed by atoms with Gasteiger partial charge in [-0.3, -0.25) is 0 Å². The second-order valence-corrected chi connectivity index (χ2v) is 11.3. The Morgan fingerprint density at radius 2 is 1.88 bits per heavy atom. The van der Waals surface area contributed by atoms with E-state index in [1.807, 2.05) is 13.8 Å². The maximum Gasteiger partial charge on any atom is 0.163 e. The van der Waals surface area contributed by atoms with Gasteiger partial charge in [-0.1, -0.05) is 0 Å². The standard InChI is InChI=1S/C13H26BO2P/c1-13(2)15-11-9(6-7-17(3,4)5)8-10(14)12(11)16-13/h9-12H,3,6-8,14H2,1-2,4-5H3. The predicted molar refractivity (Wildman–Crippen MR) is 79.6 cm³/mol. The smallest absolute Gasteiger partial charge is 0.163 e. The van der Waals surface area contributed by atoms with E-state index < -0.39 is 6.89 Å². The lowest BCUT2D eigenvalue weighted by Crippen LogP contribution is -2.25. The Morgan fingerprint density at radius 1 is 1.29 bits per heavy atom. The summed E-state index contributed by atoms with van der Waals surface area (Å²) < 4.78 is 12.1. The number of rotatable bonds is 3. The van der Waals surface area contributed by atoms with Crippen molar-refractivity contribution in [1.82, 2.24) is 0 Å². The quantitative estimate of drug-likeness (QED) is 0.568. The van der Waals surface area contributed by atoms with Crippen LogP contribution in [0.3, 0.4) is 0 Å². The fraction of sp³-hybridized carbons (Fsp3) is 0.923. The molecule has 0 bridgehead atoms. The lowest BCUT2D eigenvalue weighted by atomic mass is 9.83. The summed E-state index contributed by atoms with van der Waals surface area (Å²) in [7, 11) is 2.30. The highest BCUT2D eigenvalue weighted by Gasteiger charge is 2.51. The normalized spacial score (nSPS) is 40.5. The van der Waals surface area contributed by atoms with Gasteiger partial charge in [-0.15, -0.1) is 13.2 Å². The van der Waals surface area contributed by atoms with Crippen molar-refractivity contribution in [2.45, 2.75) is 50.5 Å². The summed E-state index contributed by atoms with van der Waals surface area (Å²) in [6, 6.07) is 0. The van der Waals surface area contributed by atoms with Gasteiger partial charge >= 0.3 is 0 Å². The molecule has 98 valence electrons. The van der Waals surface area contributed by atoms with Crippen molar-refractivity contribution in [1.29, 1.82) is 0 Å². The topological polar surface area (TPSA) is 18.5 Å². The first-order valence-corrected chi connectivity index (χ1v) is 9.76. The van der Waals surface area contributed by atoms with E-state index in [4.69, 9.17) is 9.47 Å². The van der Waals surface area contributed by atoms with E-state index in [-0.39, 0.29) is 5.79 Å². The maximum absolute atomic E-state index is 6.09. The zero-order valence-corrected chi connectivity index (χ0v) is 12.8. The monoisotopic (exact) mass is 256 g/mol.